The Hall–Kier alpha value is -0.640. The Bertz CT molecular complexity index is 819. The van der Waals surface area contributed by atoms with Gasteiger partial charge in [-0.2, -0.15) is 0 Å². The molecule has 0 aliphatic heterocycles. The van der Waals surface area contributed by atoms with Gasteiger partial charge in [-0.05, 0) is 38.5 Å². The molecule has 0 amide bonds. The summed E-state index contributed by atoms with van der Waals surface area (Å²) in [6.45, 7) is 3.22. The molecule has 0 saturated heterocycles. The summed E-state index contributed by atoms with van der Waals surface area (Å²) in [4.78, 5) is 32.9. The summed E-state index contributed by atoms with van der Waals surface area (Å²) >= 11 is 0. The molecule has 0 aliphatic carbocycles. The third-order valence-electron chi connectivity index (χ3n) is 9.48. The lowest BCUT2D eigenvalue weighted by Gasteiger charge is -2.31. The van der Waals surface area contributed by atoms with Crippen LogP contribution in [0.2, 0.25) is 0 Å². The van der Waals surface area contributed by atoms with Crippen LogP contribution in [0.25, 0.3) is 0 Å². The number of carbonyl (C=O) groups is 1. The Morgan fingerprint density at radius 1 is 0.600 bits per heavy atom. The fourth-order valence-corrected chi connectivity index (χ4v) is 7.12. The molecule has 0 rings (SSSR count). The number of carbonyl (C=O) groups excluding carboxylic acids is 1. The van der Waals surface area contributed by atoms with E-state index >= 15 is 0 Å². The van der Waals surface area contributed by atoms with E-state index in [0.29, 0.717) is 6.42 Å². The van der Waals surface area contributed by atoms with Gasteiger partial charge >= 0.3 is 7.60 Å². The number of hydrogen-bond donors (Lipinski definition) is 5. The lowest BCUT2D eigenvalue weighted by molar-refractivity contribution is -0.157. The van der Waals surface area contributed by atoms with Crippen LogP contribution >= 0.6 is 7.60 Å². The fourth-order valence-electron chi connectivity index (χ4n) is 6.28. The first kappa shape index (κ1) is 49.4. The van der Waals surface area contributed by atoms with Gasteiger partial charge in [0.1, 0.15) is 18.3 Å². The predicted octanol–water partition coefficient (Wildman–Crippen LogP) is 9.69. The first-order valence-electron chi connectivity index (χ1n) is 20.6. The molecule has 298 valence electrons. The van der Waals surface area contributed by atoms with E-state index in [9.17, 15) is 34.5 Å². The maximum Gasteiger partial charge on any atom is 0.356 e. The monoisotopic (exact) mass is 735 g/mol. The average molecular weight is 735 g/mol. The molecule has 0 aromatic rings. The van der Waals surface area contributed by atoms with E-state index in [1.54, 1.807) is 0 Å². The molecule has 0 spiro atoms. The number of allylic oxidation sites excluding steroid dienone is 2. The Kier molecular flexibility index (Phi) is 34.9. The summed E-state index contributed by atoms with van der Waals surface area (Å²) in [5, 5.41) is 29.6. The minimum absolute atomic E-state index is 0.111. The average Bonchev–Trinajstić information content (AvgIpc) is 3.09. The Morgan fingerprint density at radius 3 is 1.40 bits per heavy atom. The van der Waals surface area contributed by atoms with Gasteiger partial charge in [-0.1, -0.05) is 161 Å². The molecule has 0 saturated carbocycles. The summed E-state index contributed by atoms with van der Waals surface area (Å²) < 4.78 is 23.4. The summed E-state index contributed by atoms with van der Waals surface area (Å²) in [5.41, 5.74) is 0. The van der Waals surface area contributed by atoms with Crippen LogP contribution in [0.5, 0.6) is 0 Å². The van der Waals surface area contributed by atoms with E-state index < -0.39 is 50.7 Å². The number of rotatable bonds is 39. The van der Waals surface area contributed by atoms with Crippen LogP contribution in [-0.2, 0) is 18.8 Å². The molecule has 10 heteroatoms. The molecule has 9 nitrogen and oxygen atoms in total. The molecule has 5 N–H and O–H groups in total. The van der Waals surface area contributed by atoms with Crippen molar-refractivity contribution in [1.82, 2.24) is 0 Å². The molecule has 0 radical (unpaired) electrons. The molecule has 50 heavy (non-hydrogen) atoms. The Morgan fingerprint density at radius 2 is 1.00 bits per heavy atom. The van der Waals surface area contributed by atoms with Crippen molar-refractivity contribution in [1.29, 1.82) is 0 Å². The number of Topliss-reactive ketones (excluding diaryl/α,β-unsaturated/α-hetero) is 1. The molecule has 4 atom stereocenters. The van der Waals surface area contributed by atoms with Crippen molar-refractivity contribution in [2.45, 2.75) is 218 Å². The molecule has 0 heterocycles. The highest BCUT2D eigenvalue weighted by molar-refractivity contribution is 7.52. The zero-order valence-corrected chi connectivity index (χ0v) is 33.1. The van der Waals surface area contributed by atoms with Gasteiger partial charge in [0.05, 0.1) is 13.2 Å². The minimum Gasteiger partial charge on any atom is -0.394 e. The molecule has 0 aromatic heterocycles. The lowest BCUT2D eigenvalue weighted by Crippen LogP contribution is -2.46. The zero-order valence-electron chi connectivity index (χ0n) is 32.2. The molecular weight excluding hydrogens is 655 g/mol. The van der Waals surface area contributed by atoms with E-state index in [2.05, 4.69) is 26.0 Å². The number of unbranched alkanes of at least 4 members (excludes halogenated alkanes) is 24. The number of hydrogen-bond acceptors (Lipinski definition) is 7. The predicted molar refractivity (Wildman–Crippen MR) is 205 cm³/mol. The third-order valence-corrected chi connectivity index (χ3v) is 10.6. The smallest absolute Gasteiger partial charge is 0.356 e. The standard InChI is InChI=1S/C40H79O9P/c1-3-5-7-9-11-13-15-17-18-19-21-23-25-27-29-31-33-48-38(35-42)39(49-40(37(44)34-41)50(45,46)47)36(43)32-30-28-26-24-22-20-16-14-12-10-8-6-4-2/h17-18,37-42,44H,3-16,19-35H2,1-2H3,(H2,45,46,47)/b18-17-/t37?,38-,39?,40?/m0/s1. The Balaban J connectivity index is 4.53. The second kappa shape index (κ2) is 35.4. The third kappa shape index (κ3) is 28.9. The van der Waals surface area contributed by atoms with Gasteiger partial charge < -0.3 is 34.6 Å². The highest BCUT2D eigenvalue weighted by Crippen LogP contribution is 2.44. The first-order chi connectivity index (χ1) is 24.2. The van der Waals surface area contributed by atoms with Crippen LogP contribution in [-0.4, -0.2) is 74.9 Å². The maximum atomic E-state index is 13.3. The normalized spacial score (nSPS) is 14.7. The van der Waals surface area contributed by atoms with E-state index in [1.807, 2.05) is 0 Å². The van der Waals surface area contributed by atoms with E-state index in [0.717, 1.165) is 51.4 Å². The second-order valence-electron chi connectivity index (χ2n) is 14.3. The van der Waals surface area contributed by atoms with Crippen molar-refractivity contribution in [3.63, 3.8) is 0 Å². The SMILES string of the molecule is CCCCCCCC/C=C\CCCCCCCCO[C@@H](CO)C(OC(C(O)CO)P(=O)(O)O)C(=O)CCCCCCCCCCCCCCC. The van der Waals surface area contributed by atoms with Crippen LogP contribution in [0.3, 0.4) is 0 Å². The summed E-state index contributed by atoms with van der Waals surface area (Å²) in [5.74, 6) is -2.53. The van der Waals surface area contributed by atoms with Gasteiger partial charge in [0.2, 0.25) is 0 Å². The van der Waals surface area contributed by atoms with Crippen LogP contribution in [0.4, 0.5) is 0 Å². The molecule has 3 unspecified atom stereocenters. The molecule has 0 aliphatic rings. The van der Waals surface area contributed by atoms with Crippen molar-refractivity contribution in [2.75, 3.05) is 19.8 Å². The largest absolute Gasteiger partial charge is 0.394 e. The van der Waals surface area contributed by atoms with Crippen LogP contribution < -0.4 is 0 Å². The van der Waals surface area contributed by atoms with Crippen molar-refractivity contribution in [2.24, 2.45) is 0 Å². The number of ketones is 1. The van der Waals surface area contributed by atoms with Gasteiger partial charge in [-0.3, -0.25) is 9.36 Å². The van der Waals surface area contributed by atoms with Crippen molar-refractivity contribution in [3.8, 4) is 0 Å². The van der Waals surface area contributed by atoms with E-state index in [4.69, 9.17) is 9.47 Å². The highest BCUT2D eigenvalue weighted by Gasteiger charge is 2.42. The van der Waals surface area contributed by atoms with Crippen LogP contribution in [0.15, 0.2) is 12.2 Å². The topological polar surface area (TPSA) is 154 Å². The molecule has 0 fully saturated rings. The fraction of sp³-hybridized carbons (Fsp3) is 0.925. The first-order valence-corrected chi connectivity index (χ1v) is 22.3. The highest BCUT2D eigenvalue weighted by atomic mass is 31.2. The van der Waals surface area contributed by atoms with Gasteiger partial charge in [-0.15, -0.1) is 0 Å². The summed E-state index contributed by atoms with van der Waals surface area (Å²) in [6.07, 6.45) is 31.8. The van der Waals surface area contributed by atoms with E-state index in [-0.39, 0.29) is 13.0 Å². The minimum atomic E-state index is -5.04. The maximum absolute atomic E-state index is 13.3. The summed E-state index contributed by atoms with van der Waals surface area (Å²) in [6, 6.07) is 0. The zero-order chi connectivity index (χ0) is 37.1. The number of aliphatic hydroxyl groups excluding tert-OH is 3. The van der Waals surface area contributed by atoms with Crippen molar-refractivity contribution in [3.05, 3.63) is 12.2 Å². The Labute approximate surface area is 306 Å². The van der Waals surface area contributed by atoms with Crippen LogP contribution in [0, 0.1) is 0 Å². The number of aliphatic hydroxyl groups is 3. The second-order valence-corrected chi connectivity index (χ2v) is 16.0. The lowest BCUT2D eigenvalue weighted by atomic mass is 10.0. The molecular formula is C40H79O9P. The summed E-state index contributed by atoms with van der Waals surface area (Å²) in [7, 11) is -5.04. The van der Waals surface area contributed by atoms with Gasteiger partial charge in [-0.25, -0.2) is 0 Å². The van der Waals surface area contributed by atoms with Gasteiger partial charge in [0.15, 0.2) is 11.6 Å². The van der Waals surface area contributed by atoms with Crippen LogP contribution in [0.1, 0.15) is 194 Å². The van der Waals surface area contributed by atoms with Crippen molar-refractivity contribution < 1.29 is 43.9 Å². The quantitative estimate of drug-likeness (QED) is 0.0236. The van der Waals surface area contributed by atoms with Gasteiger partial charge in [0, 0.05) is 13.0 Å². The van der Waals surface area contributed by atoms with Crippen molar-refractivity contribution >= 4 is 13.4 Å². The number of ether oxygens (including phenoxy) is 2. The van der Waals surface area contributed by atoms with E-state index in [1.165, 1.54) is 116 Å². The molecule has 0 bridgehead atoms. The molecule has 0 aromatic carbocycles. The van der Waals surface area contributed by atoms with Gasteiger partial charge in [0.25, 0.3) is 0 Å².